The lowest BCUT2D eigenvalue weighted by atomic mass is 10.1. The van der Waals surface area contributed by atoms with Crippen LogP contribution in [0.15, 0.2) is 70.1 Å². The molecule has 1 saturated heterocycles. The van der Waals surface area contributed by atoms with Crippen molar-refractivity contribution in [2.45, 2.75) is 20.8 Å². The number of nitrogens with zero attached hydrogens (tertiary/aromatic N) is 3. The summed E-state index contributed by atoms with van der Waals surface area (Å²) in [6, 6.07) is 15.8. The Morgan fingerprint density at radius 1 is 1.19 bits per heavy atom. The van der Waals surface area contributed by atoms with Gasteiger partial charge in [0.15, 0.2) is 11.0 Å². The monoisotopic (exact) mass is 363 g/mol. The smallest absolute Gasteiger partial charge is 0.266 e. The van der Waals surface area contributed by atoms with Gasteiger partial charge in [-0.1, -0.05) is 42.5 Å². The highest BCUT2D eigenvalue weighted by Gasteiger charge is 2.32. The first-order valence-corrected chi connectivity index (χ1v) is 9.35. The van der Waals surface area contributed by atoms with Crippen molar-refractivity contribution in [3.05, 3.63) is 76.3 Å². The van der Waals surface area contributed by atoms with Crippen LogP contribution in [0.25, 0.3) is 6.08 Å². The predicted molar refractivity (Wildman–Crippen MR) is 109 cm³/mol. The summed E-state index contributed by atoms with van der Waals surface area (Å²) in [5.41, 5.74) is 3.04. The molecule has 0 bridgehead atoms. The van der Waals surface area contributed by atoms with Gasteiger partial charge in [0.05, 0.1) is 4.91 Å². The van der Waals surface area contributed by atoms with Gasteiger partial charge in [0.1, 0.15) is 0 Å². The van der Waals surface area contributed by atoms with E-state index in [1.807, 2.05) is 75.4 Å². The number of rotatable bonds is 4. The first-order chi connectivity index (χ1) is 12.6. The molecule has 1 aliphatic rings. The molecule has 3 rings (SSSR count). The largest absolute Gasteiger partial charge is 0.287 e. The maximum Gasteiger partial charge on any atom is 0.266 e. The Labute approximate surface area is 158 Å². The number of pyridine rings is 1. The van der Waals surface area contributed by atoms with Gasteiger partial charge in [-0.3, -0.25) is 9.69 Å². The van der Waals surface area contributed by atoms with Crippen LogP contribution >= 0.6 is 11.8 Å². The third kappa shape index (κ3) is 4.29. The van der Waals surface area contributed by atoms with Crippen LogP contribution in [0.2, 0.25) is 0 Å². The van der Waals surface area contributed by atoms with Crippen molar-refractivity contribution in [3.8, 4) is 0 Å². The quantitative estimate of drug-likeness (QED) is 0.721. The molecule has 0 N–H and O–H groups in total. The Morgan fingerprint density at radius 2 is 1.96 bits per heavy atom. The number of aryl methyl sites for hydroxylation is 1. The Bertz CT molecular complexity index is 900. The molecule has 1 fully saturated rings. The first kappa shape index (κ1) is 18.1. The van der Waals surface area contributed by atoms with Crippen molar-refractivity contribution in [1.82, 2.24) is 9.88 Å². The fourth-order valence-electron chi connectivity index (χ4n) is 2.62. The molecule has 1 aliphatic heterocycles. The van der Waals surface area contributed by atoms with Crippen molar-refractivity contribution < 1.29 is 4.79 Å². The lowest BCUT2D eigenvalue weighted by molar-refractivity contribution is -0.122. The fraction of sp³-hybridized carbons (Fsp3) is 0.190. The van der Waals surface area contributed by atoms with Crippen molar-refractivity contribution in [3.63, 3.8) is 0 Å². The molecule has 5 heteroatoms. The maximum atomic E-state index is 12.7. The van der Waals surface area contributed by atoms with Crippen LogP contribution in [0.5, 0.6) is 0 Å². The SMILES string of the molecule is CCN1C(=O)/C(=C/C(C)=C/c2ccccc2)S/C1=N/c1cccc(C)n1. The molecule has 2 aromatic rings. The zero-order chi connectivity index (χ0) is 18.5. The normalized spacial score (nSPS) is 18.2. The second-order valence-corrected chi connectivity index (χ2v) is 7.00. The lowest BCUT2D eigenvalue weighted by Gasteiger charge is -2.11. The van der Waals surface area contributed by atoms with E-state index < -0.39 is 0 Å². The molecule has 0 saturated carbocycles. The number of hydrogen-bond acceptors (Lipinski definition) is 4. The summed E-state index contributed by atoms with van der Waals surface area (Å²) >= 11 is 1.40. The number of carbonyl (C=O) groups is 1. The molecule has 2 heterocycles. The van der Waals surface area contributed by atoms with Gasteiger partial charge in [-0.2, -0.15) is 0 Å². The van der Waals surface area contributed by atoms with Crippen LogP contribution in [-0.2, 0) is 4.79 Å². The van der Waals surface area contributed by atoms with Gasteiger partial charge in [-0.05, 0) is 61.9 Å². The average molecular weight is 363 g/mol. The first-order valence-electron chi connectivity index (χ1n) is 8.54. The minimum Gasteiger partial charge on any atom is -0.287 e. The standard InChI is InChI=1S/C21H21N3OS/c1-4-24-20(25)18(14-15(2)13-17-10-6-5-7-11-17)26-21(24)23-19-12-8-9-16(3)22-19/h5-14H,4H2,1-3H3/b15-13+,18-14-,23-21+. The molecule has 1 aromatic carbocycles. The highest BCUT2D eigenvalue weighted by atomic mass is 32.2. The summed E-state index contributed by atoms with van der Waals surface area (Å²) in [5.74, 6) is 0.612. The zero-order valence-corrected chi connectivity index (χ0v) is 16.0. The van der Waals surface area contributed by atoms with Gasteiger partial charge in [-0.25, -0.2) is 9.98 Å². The van der Waals surface area contributed by atoms with Crippen LogP contribution in [0.1, 0.15) is 25.1 Å². The van der Waals surface area contributed by atoms with E-state index in [0.717, 1.165) is 16.8 Å². The molecule has 132 valence electrons. The predicted octanol–water partition coefficient (Wildman–Crippen LogP) is 4.96. The second kappa shape index (κ2) is 8.15. The minimum atomic E-state index is -0.00952. The van der Waals surface area contributed by atoms with E-state index in [-0.39, 0.29) is 5.91 Å². The highest BCUT2D eigenvalue weighted by Crippen LogP contribution is 2.33. The number of aliphatic imine (C=N–C) groups is 1. The average Bonchev–Trinajstić information content (AvgIpc) is 2.90. The molecule has 0 spiro atoms. The van der Waals surface area contributed by atoms with E-state index in [9.17, 15) is 4.79 Å². The van der Waals surface area contributed by atoms with Gasteiger partial charge < -0.3 is 0 Å². The third-order valence-corrected chi connectivity index (χ3v) is 4.85. The van der Waals surface area contributed by atoms with E-state index in [2.05, 4.69) is 16.1 Å². The molecule has 1 amide bonds. The fourth-order valence-corrected chi connectivity index (χ4v) is 3.72. The van der Waals surface area contributed by atoms with Crippen LogP contribution in [0, 0.1) is 6.92 Å². The number of allylic oxidation sites excluding steroid dienone is 2. The number of aromatic nitrogens is 1. The minimum absolute atomic E-state index is 0.00952. The van der Waals surface area contributed by atoms with E-state index >= 15 is 0 Å². The molecule has 0 radical (unpaired) electrons. The van der Waals surface area contributed by atoms with Gasteiger partial charge >= 0.3 is 0 Å². The highest BCUT2D eigenvalue weighted by molar-refractivity contribution is 8.18. The molecule has 1 aromatic heterocycles. The number of amides is 1. The van der Waals surface area contributed by atoms with Gasteiger partial charge in [0.2, 0.25) is 0 Å². The summed E-state index contributed by atoms with van der Waals surface area (Å²) in [6.45, 7) is 6.46. The topological polar surface area (TPSA) is 45.6 Å². The molecule has 0 aliphatic carbocycles. The van der Waals surface area contributed by atoms with E-state index in [0.29, 0.717) is 22.4 Å². The molecule has 26 heavy (non-hydrogen) atoms. The summed E-state index contributed by atoms with van der Waals surface area (Å²) in [5, 5.41) is 0.675. The summed E-state index contributed by atoms with van der Waals surface area (Å²) in [7, 11) is 0. The van der Waals surface area contributed by atoms with Crippen molar-refractivity contribution in [1.29, 1.82) is 0 Å². The van der Waals surface area contributed by atoms with Crippen molar-refractivity contribution in [2.24, 2.45) is 4.99 Å². The second-order valence-electron chi connectivity index (χ2n) is 5.99. The number of benzene rings is 1. The molecule has 0 unspecified atom stereocenters. The van der Waals surface area contributed by atoms with Gasteiger partial charge in [-0.15, -0.1) is 0 Å². The Kier molecular flexibility index (Phi) is 5.68. The summed E-state index contributed by atoms with van der Waals surface area (Å²) < 4.78 is 0. The Morgan fingerprint density at radius 3 is 2.65 bits per heavy atom. The summed E-state index contributed by atoms with van der Waals surface area (Å²) in [4.78, 5) is 24.1. The number of hydrogen-bond donors (Lipinski definition) is 0. The van der Waals surface area contributed by atoms with E-state index in [1.54, 1.807) is 4.90 Å². The van der Waals surface area contributed by atoms with Crippen LogP contribution in [0.4, 0.5) is 5.82 Å². The van der Waals surface area contributed by atoms with Crippen molar-refractivity contribution >= 4 is 34.7 Å². The van der Waals surface area contributed by atoms with Crippen molar-refractivity contribution in [2.75, 3.05) is 6.54 Å². The Balaban J connectivity index is 1.88. The number of carbonyl (C=O) groups excluding carboxylic acids is 1. The van der Waals surface area contributed by atoms with Crippen LogP contribution < -0.4 is 0 Å². The lowest BCUT2D eigenvalue weighted by Crippen LogP contribution is -2.28. The molecule has 0 atom stereocenters. The van der Waals surface area contributed by atoms with Gasteiger partial charge in [0, 0.05) is 12.2 Å². The maximum absolute atomic E-state index is 12.7. The van der Waals surface area contributed by atoms with Crippen LogP contribution in [-0.4, -0.2) is 27.5 Å². The Hall–Kier alpha value is -2.66. The van der Waals surface area contributed by atoms with E-state index in [4.69, 9.17) is 0 Å². The number of thioether (sulfide) groups is 1. The number of amidine groups is 1. The molecular formula is C21H21N3OS. The van der Waals surface area contributed by atoms with Gasteiger partial charge in [0.25, 0.3) is 5.91 Å². The molecule has 4 nitrogen and oxygen atoms in total. The van der Waals surface area contributed by atoms with E-state index in [1.165, 1.54) is 11.8 Å². The zero-order valence-electron chi connectivity index (χ0n) is 15.1. The number of likely N-dealkylation sites (N-methyl/N-ethyl adjacent to an activating group) is 1. The molecular weight excluding hydrogens is 342 g/mol. The van der Waals surface area contributed by atoms with Crippen LogP contribution in [0.3, 0.4) is 0 Å². The third-order valence-electron chi connectivity index (χ3n) is 3.84. The summed E-state index contributed by atoms with van der Waals surface area (Å²) in [6.07, 6.45) is 3.99.